The third-order valence-electron chi connectivity index (χ3n) is 3.88. The SMILES string of the molecule is Ic1c2n(c3ccccc13)C(c1ccccc1)OCC2. The molecule has 100 valence electrons. The van der Waals surface area contributed by atoms with E-state index in [0.717, 1.165) is 13.0 Å². The summed E-state index contributed by atoms with van der Waals surface area (Å²) in [5, 5.41) is 1.33. The molecule has 1 aliphatic rings. The molecule has 0 bridgehead atoms. The van der Waals surface area contributed by atoms with Gasteiger partial charge in [0.15, 0.2) is 6.23 Å². The van der Waals surface area contributed by atoms with E-state index in [1.165, 1.54) is 25.7 Å². The number of hydrogen-bond acceptors (Lipinski definition) is 1. The Kier molecular flexibility index (Phi) is 3.04. The lowest BCUT2D eigenvalue weighted by Crippen LogP contribution is -2.24. The number of halogens is 1. The number of nitrogens with zero attached hydrogens (tertiary/aromatic N) is 1. The van der Waals surface area contributed by atoms with Crippen LogP contribution in [0.25, 0.3) is 10.9 Å². The highest BCUT2D eigenvalue weighted by Crippen LogP contribution is 2.36. The normalized spacial score (nSPS) is 18.1. The number of benzene rings is 2. The molecule has 0 saturated heterocycles. The Balaban J connectivity index is 1.99. The second kappa shape index (κ2) is 4.90. The first-order valence-electron chi connectivity index (χ1n) is 6.80. The fraction of sp³-hybridized carbons (Fsp3) is 0.176. The van der Waals surface area contributed by atoms with E-state index in [1.807, 2.05) is 6.07 Å². The summed E-state index contributed by atoms with van der Waals surface area (Å²) in [6, 6.07) is 19.1. The number of hydrogen-bond donors (Lipinski definition) is 0. The Morgan fingerprint density at radius 3 is 2.60 bits per heavy atom. The van der Waals surface area contributed by atoms with Gasteiger partial charge in [-0.15, -0.1) is 0 Å². The molecular weight excluding hydrogens is 361 g/mol. The van der Waals surface area contributed by atoms with Crippen LogP contribution < -0.4 is 0 Å². The fourth-order valence-corrected chi connectivity index (χ4v) is 3.96. The summed E-state index contributed by atoms with van der Waals surface area (Å²) in [6.45, 7) is 0.784. The Hall–Kier alpha value is -1.33. The Morgan fingerprint density at radius 2 is 1.75 bits per heavy atom. The zero-order chi connectivity index (χ0) is 13.5. The van der Waals surface area contributed by atoms with Gasteiger partial charge in [-0.25, -0.2) is 0 Å². The second-order valence-corrected chi connectivity index (χ2v) is 6.11. The minimum absolute atomic E-state index is 0.00614. The summed E-state index contributed by atoms with van der Waals surface area (Å²) in [7, 11) is 0. The summed E-state index contributed by atoms with van der Waals surface area (Å²) in [4.78, 5) is 0. The summed E-state index contributed by atoms with van der Waals surface area (Å²) in [5.74, 6) is 0. The molecule has 1 aromatic heterocycles. The lowest BCUT2D eigenvalue weighted by molar-refractivity contribution is 0.0161. The van der Waals surface area contributed by atoms with Gasteiger partial charge in [0.1, 0.15) is 0 Å². The van der Waals surface area contributed by atoms with Crippen molar-refractivity contribution in [2.24, 2.45) is 0 Å². The van der Waals surface area contributed by atoms with Crippen molar-refractivity contribution in [3.63, 3.8) is 0 Å². The molecule has 1 unspecified atom stereocenters. The van der Waals surface area contributed by atoms with E-state index >= 15 is 0 Å². The van der Waals surface area contributed by atoms with Crippen LogP contribution in [0.1, 0.15) is 17.5 Å². The molecule has 0 N–H and O–H groups in total. The summed E-state index contributed by atoms with van der Waals surface area (Å²) in [6.07, 6.45) is 0.976. The molecule has 3 aromatic rings. The van der Waals surface area contributed by atoms with Gasteiger partial charge in [-0.05, 0) is 28.7 Å². The van der Waals surface area contributed by atoms with Gasteiger partial charge in [-0.1, -0.05) is 48.5 Å². The molecule has 1 atom stereocenters. The van der Waals surface area contributed by atoms with Gasteiger partial charge < -0.3 is 9.30 Å². The van der Waals surface area contributed by atoms with Crippen LogP contribution in [0.3, 0.4) is 0 Å². The maximum Gasteiger partial charge on any atom is 0.160 e. The highest BCUT2D eigenvalue weighted by Gasteiger charge is 2.26. The van der Waals surface area contributed by atoms with Crippen molar-refractivity contribution in [3.05, 3.63) is 69.4 Å². The van der Waals surface area contributed by atoms with E-state index in [0.29, 0.717) is 0 Å². The molecule has 0 amide bonds. The van der Waals surface area contributed by atoms with Crippen LogP contribution in [0.5, 0.6) is 0 Å². The smallest absolute Gasteiger partial charge is 0.160 e. The predicted octanol–water partition coefficient (Wildman–Crippen LogP) is 4.37. The molecule has 1 aliphatic heterocycles. The quantitative estimate of drug-likeness (QED) is 0.577. The van der Waals surface area contributed by atoms with E-state index in [4.69, 9.17) is 4.74 Å². The van der Waals surface area contributed by atoms with Gasteiger partial charge in [0.25, 0.3) is 0 Å². The monoisotopic (exact) mass is 375 g/mol. The van der Waals surface area contributed by atoms with E-state index in [9.17, 15) is 0 Å². The molecule has 2 aromatic carbocycles. The van der Waals surface area contributed by atoms with Crippen LogP contribution in [0, 0.1) is 3.57 Å². The number of para-hydroxylation sites is 1. The summed E-state index contributed by atoms with van der Waals surface area (Å²) < 4.78 is 9.79. The van der Waals surface area contributed by atoms with Gasteiger partial charge >= 0.3 is 0 Å². The Morgan fingerprint density at radius 1 is 1.00 bits per heavy atom. The molecule has 0 radical (unpaired) electrons. The predicted molar refractivity (Wildman–Crippen MR) is 88.9 cm³/mol. The van der Waals surface area contributed by atoms with Gasteiger partial charge in [-0.3, -0.25) is 0 Å². The van der Waals surface area contributed by atoms with Crippen LogP contribution in [0.2, 0.25) is 0 Å². The van der Waals surface area contributed by atoms with Gasteiger partial charge in [-0.2, -0.15) is 0 Å². The molecule has 0 spiro atoms. The first kappa shape index (κ1) is 12.4. The molecule has 0 aliphatic carbocycles. The van der Waals surface area contributed by atoms with Crippen molar-refractivity contribution in [2.75, 3.05) is 6.61 Å². The number of ether oxygens (including phenoxy) is 1. The average Bonchev–Trinajstić information content (AvgIpc) is 2.82. The van der Waals surface area contributed by atoms with Crippen LogP contribution >= 0.6 is 22.6 Å². The zero-order valence-electron chi connectivity index (χ0n) is 10.9. The molecule has 3 heteroatoms. The Labute approximate surface area is 131 Å². The Bertz CT molecular complexity index is 763. The van der Waals surface area contributed by atoms with Crippen molar-refractivity contribution in [2.45, 2.75) is 12.6 Å². The topological polar surface area (TPSA) is 14.2 Å². The van der Waals surface area contributed by atoms with E-state index in [-0.39, 0.29) is 6.23 Å². The minimum Gasteiger partial charge on any atom is -0.353 e. The van der Waals surface area contributed by atoms with Gasteiger partial charge in [0.2, 0.25) is 0 Å². The molecular formula is C17H14INO. The lowest BCUT2D eigenvalue weighted by Gasteiger charge is -2.28. The highest BCUT2D eigenvalue weighted by atomic mass is 127. The van der Waals surface area contributed by atoms with Crippen molar-refractivity contribution >= 4 is 33.5 Å². The molecule has 2 nitrogen and oxygen atoms in total. The summed E-state index contributed by atoms with van der Waals surface area (Å²) in [5.41, 5.74) is 3.87. The van der Waals surface area contributed by atoms with Crippen LogP contribution in [0.15, 0.2) is 54.6 Å². The first-order valence-corrected chi connectivity index (χ1v) is 7.88. The third kappa shape index (κ3) is 1.80. The lowest BCUT2D eigenvalue weighted by atomic mass is 10.1. The maximum absolute atomic E-state index is 6.07. The fourth-order valence-electron chi connectivity index (χ4n) is 2.98. The van der Waals surface area contributed by atoms with Crippen LogP contribution in [-0.4, -0.2) is 11.2 Å². The first-order chi connectivity index (χ1) is 9.86. The highest BCUT2D eigenvalue weighted by molar-refractivity contribution is 14.1. The molecule has 0 fully saturated rings. The summed E-state index contributed by atoms with van der Waals surface area (Å²) >= 11 is 2.47. The molecule has 4 rings (SSSR count). The molecule has 0 saturated carbocycles. The molecule has 2 heterocycles. The van der Waals surface area contributed by atoms with Gasteiger partial charge in [0, 0.05) is 26.6 Å². The van der Waals surface area contributed by atoms with Crippen molar-refractivity contribution in [1.29, 1.82) is 0 Å². The van der Waals surface area contributed by atoms with Crippen molar-refractivity contribution in [1.82, 2.24) is 4.57 Å². The standard InChI is InChI=1S/C17H14INO/c18-16-13-8-4-5-9-14(13)19-15(16)10-11-20-17(19)12-6-2-1-3-7-12/h1-9,17H,10-11H2. The van der Waals surface area contributed by atoms with E-state index in [1.54, 1.807) is 0 Å². The third-order valence-corrected chi connectivity index (χ3v) is 5.08. The largest absolute Gasteiger partial charge is 0.353 e. The number of rotatable bonds is 1. The van der Waals surface area contributed by atoms with Crippen molar-refractivity contribution < 1.29 is 4.74 Å². The second-order valence-electron chi connectivity index (χ2n) is 5.03. The van der Waals surface area contributed by atoms with Crippen molar-refractivity contribution in [3.8, 4) is 0 Å². The maximum atomic E-state index is 6.07. The molecule has 20 heavy (non-hydrogen) atoms. The average molecular weight is 375 g/mol. The van der Waals surface area contributed by atoms with Crippen LogP contribution in [0.4, 0.5) is 0 Å². The van der Waals surface area contributed by atoms with E-state index in [2.05, 4.69) is 75.7 Å². The number of fused-ring (bicyclic) bond motifs is 3. The minimum atomic E-state index is -0.00614. The zero-order valence-corrected chi connectivity index (χ0v) is 13.1. The van der Waals surface area contributed by atoms with Gasteiger partial charge in [0.05, 0.1) is 12.1 Å². The number of aromatic nitrogens is 1. The van der Waals surface area contributed by atoms with Crippen LogP contribution in [-0.2, 0) is 11.2 Å². The van der Waals surface area contributed by atoms with E-state index < -0.39 is 0 Å².